The maximum absolute atomic E-state index is 11.5. The molecule has 1 aliphatic rings. The molecule has 1 aliphatic heterocycles. The molecule has 0 radical (unpaired) electrons. The Hall–Kier alpha value is -1.50. The average Bonchev–Trinajstić information content (AvgIpc) is 2.61. The third-order valence-corrected chi connectivity index (χ3v) is 2.77. The van der Waals surface area contributed by atoms with Gasteiger partial charge in [0, 0.05) is 12.6 Å². The lowest BCUT2D eigenvalue weighted by Crippen LogP contribution is -2.38. The van der Waals surface area contributed by atoms with Crippen molar-refractivity contribution in [3.8, 4) is 11.8 Å². The van der Waals surface area contributed by atoms with Gasteiger partial charge >= 0.3 is 5.97 Å². The van der Waals surface area contributed by atoms with Crippen molar-refractivity contribution in [2.75, 3.05) is 6.54 Å². The van der Waals surface area contributed by atoms with E-state index in [1.54, 1.807) is 11.8 Å². The topological polar surface area (TPSA) is 57.6 Å². The molecule has 4 nitrogen and oxygen atoms in total. The van der Waals surface area contributed by atoms with Gasteiger partial charge in [-0.15, -0.1) is 0 Å². The zero-order valence-corrected chi connectivity index (χ0v) is 8.99. The van der Waals surface area contributed by atoms with Crippen molar-refractivity contribution >= 4 is 11.9 Å². The molecule has 82 valence electrons. The molecule has 1 amide bonds. The highest BCUT2D eigenvalue weighted by Crippen LogP contribution is 2.26. The van der Waals surface area contributed by atoms with E-state index in [2.05, 4.69) is 11.8 Å². The van der Waals surface area contributed by atoms with E-state index in [9.17, 15) is 9.59 Å². The smallest absolute Gasteiger partial charge is 0.308 e. The largest absolute Gasteiger partial charge is 0.481 e. The van der Waals surface area contributed by atoms with Gasteiger partial charge in [-0.05, 0) is 25.7 Å². The Labute approximate surface area is 89.3 Å². The van der Waals surface area contributed by atoms with Crippen LogP contribution in [0.4, 0.5) is 0 Å². The van der Waals surface area contributed by atoms with Crippen molar-refractivity contribution in [1.82, 2.24) is 4.90 Å². The summed E-state index contributed by atoms with van der Waals surface area (Å²) in [5.74, 6) is 3.49. The Morgan fingerprint density at radius 1 is 1.53 bits per heavy atom. The summed E-state index contributed by atoms with van der Waals surface area (Å²) in [5, 5.41) is 8.97. The summed E-state index contributed by atoms with van der Waals surface area (Å²) in [4.78, 5) is 24.0. The second-order valence-corrected chi connectivity index (χ2v) is 3.58. The van der Waals surface area contributed by atoms with Gasteiger partial charge in [0.1, 0.15) is 0 Å². The fourth-order valence-electron chi connectivity index (χ4n) is 2.08. The highest BCUT2D eigenvalue weighted by Gasteiger charge is 2.39. The minimum absolute atomic E-state index is 0.198. The summed E-state index contributed by atoms with van der Waals surface area (Å²) in [6.45, 7) is 4.00. The monoisotopic (exact) mass is 209 g/mol. The fraction of sp³-hybridized carbons (Fsp3) is 0.636. The summed E-state index contributed by atoms with van der Waals surface area (Å²) in [7, 11) is 0. The molecule has 15 heavy (non-hydrogen) atoms. The Morgan fingerprint density at radius 3 is 2.67 bits per heavy atom. The van der Waals surface area contributed by atoms with Crippen molar-refractivity contribution in [2.24, 2.45) is 5.92 Å². The summed E-state index contributed by atoms with van der Waals surface area (Å²) >= 11 is 0. The maximum Gasteiger partial charge on any atom is 0.308 e. The first kappa shape index (κ1) is 11.6. The molecule has 0 aromatic heterocycles. The van der Waals surface area contributed by atoms with E-state index in [-0.39, 0.29) is 11.9 Å². The van der Waals surface area contributed by atoms with Crippen LogP contribution in [0.1, 0.15) is 26.7 Å². The van der Waals surface area contributed by atoms with E-state index in [1.807, 2.05) is 6.92 Å². The molecule has 0 aromatic carbocycles. The van der Waals surface area contributed by atoms with Gasteiger partial charge in [0.05, 0.1) is 5.92 Å². The molecular formula is C11H15NO3. The summed E-state index contributed by atoms with van der Waals surface area (Å²) < 4.78 is 0. The molecular weight excluding hydrogens is 194 g/mol. The molecule has 0 aromatic rings. The van der Waals surface area contributed by atoms with Crippen LogP contribution in [0.15, 0.2) is 0 Å². The highest BCUT2D eigenvalue weighted by molar-refractivity contribution is 5.94. The van der Waals surface area contributed by atoms with Crippen LogP contribution >= 0.6 is 0 Å². The van der Waals surface area contributed by atoms with Gasteiger partial charge in [0.25, 0.3) is 5.91 Å². The molecule has 0 aliphatic carbocycles. The zero-order chi connectivity index (χ0) is 11.4. The van der Waals surface area contributed by atoms with Crippen LogP contribution in [0, 0.1) is 17.8 Å². The maximum atomic E-state index is 11.5. The van der Waals surface area contributed by atoms with Gasteiger partial charge in [-0.2, -0.15) is 0 Å². The third kappa shape index (κ3) is 2.30. The Bertz CT molecular complexity index is 326. The van der Waals surface area contributed by atoms with E-state index in [4.69, 9.17) is 5.11 Å². The van der Waals surface area contributed by atoms with E-state index in [1.165, 1.54) is 0 Å². The van der Waals surface area contributed by atoms with Gasteiger partial charge < -0.3 is 10.0 Å². The van der Waals surface area contributed by atoms with Gasteiger partial charge in [-0.3, -0.25) is 9.59 Å². The lowest BCUT2D eigenvalue weighted by molar-refractivity contribution is -0.143. The predicted molar refractivity (Wildman–Crippen MR) is 55.0 cm³/mol. The van der Waals surface area contributed by atoms with E-state index < -0.39 is 11.9 Å². The molecule has 0 spiro atoms. The summed E-state index contributed by atoms with van der Waals surface area (Å²) in [5.41, 5.74) is 0. The van der Waals surface area contributed by atoms with E-state index in [0.717, 1.165) is 0 Å². The van der Waals surface area contributed by atoms with Crippen LogP contribution in [0.3, 0.4) is 0 Å². The number of carbonyl (C=O) groups is 2. The molecule has 1 N–H and O–H groups in total. The number of aliphatic carboxylic acids is 1. The Balaban J connectivity index is 2.80. The number of likely N-dealkylation sites (tertiary alicyclic amines) is 1. The van der Waals surface area contributed by atoms with Crippen LogP contribution in [0.5, 0.6) is 0 Å². The van der Waals surface area contributed by atoms with Crippen LogP contribution in [-0.4, -0.2) is 34.5 Å². The zero-order valence-electron chi connectivity index (χ0n) is 8.99. The first-order valence-corrected chi connectivity index (χ1v) is 5.08. The molecule has 1 saturated heterocycles. The molecule has 1 heterocycles. The number of rotatable bonds is 2. The van der Waals surface area contributed by atoms with Crippen molar-refractivity contribution in [1.29, 1.82) is 0 Å². The molecule has 0 bridgehead atoms. The SMILES string of the molecule is CC#CC(=O)N1CCC(C(=O)O)C1CC. The lowest BCUT2D eigenvalue weighted by atomic mass is 9.98. The molecule has 1 rings (SSSR count). The van der Waals surface area contributed by atoms with Gasteiger partial charge in [0.15, 0.2) is 0 Å². The Morgan fingerprint density at radius 2 is 2.20 bits per heavy atom. The lowest BCUT2D eigenvalue weighted by Gasteiger charge is -2.23. The summed E-state index contributed by atoms with van der Waals surface area (Å²) in [6, 6.07) is -0.198. The first-order chi connectivity index (χ1) is 7.11. The number of amides is 1. The van der Waals surface area contributed by atoms with Crippen LogP contribution in [0.25, 0.3) is 0 Å². The molecule has 2 unspecified atom stereocenters. The number of carboxylic acid groups (broad SMARTS) is 1. The average molecular weight is 209 g/mol. The quantitative estimate of drug-likeness (QED) is 0.682. The molecule has 4 heteroatoms. The minimum atomic E-state index is -0.818. The standard InChI is InChI=1S/C11H15NO3/c1-3-5-10(13)12-7-6-8(11(14)15)9(12)4-2/h8-9H,4,6-7H2,1-2H3,(H,14,15). The molecule has 1 fully saturated rings. The molecule has 2 atom stereocenters. The van der Waals surface area contributed by atoms with Crippen LogP contribution < -0.4 is 0 Å². The molecule has 0 saturated carbocycles. The van der Waals surface area contributed by atoms with E-state index >= 15 is 0 Å². The Kier molecular flexibility index (Phi) is 3.73. The first-order valence-electron chi connectivity index (χ1n) is 5.08. The normalized spacial score (nSPS) is 24.5. The fourth-order valence-corrected chi connectivity index (χ4v) is 2.08. The van der Waals surface area contributed by atoms with Crippen molar-refractivity contribution in [3.63, 3.8) is 0 Å². The number of carboxylic acids is 1. The van der Waals surface area contributed by atoms with Gasteiger partial charge in [-0.25, -0.2) is 0 Å². The highest BCUT2D eigenvalue weighted by atomic mass is 16.4. The van der Waals surface area contributed by atoms with E-state index in [0.29, 0.717) is 19.4 Å². The summed E-state index contributed by atoms with van der Waals surface area (Å²) in [6.07, 6.45) is 1.19. The van der Waals surface area contributed by atoms with Gasteiger partial charge in [-0.1, -0.05) is 12.8 Å². The van der Waals surface area contributed by atoms with Gasteiger partial charge in [0.2, 0.25) is 0 Å². The third-order valence-electron chi connectivity index (χ3n) is 2.77. The number of hydrogen-bond acceptors (Lipinski definition) is 2. The number of nitrogens with zero attached hydrogens (tertiary/aromatic N) is 1. The van der Waals surface area contributed by atoms with Crippen molar-refractivity contribution in [3.05, 3.63) is 0 Å². The van der Waals surface area contributed by atoms with Crippen molar-refractivity contribution < 1.29 is 14.7 Å². The second-order valence-electron chi connectivity index (χ2n) is 3.58. The van der Waals surface area contributed by atoms with Crippen LogP contribution in [-0.2, 0) is 9.59 Å². The number of hydrogen-bond donors (Lipinski definition) is 1. The second kappa shape index (κ2) is 4.83. The number of carbonyl (C=O) groups excluding carboxylic acids is 1. The van der Waals surface area contributed by atoms with Crippen molar-refractivity contribution in [2.45, 2.75) is 32.7 Å². The van der Waals surface area contributed by atoms with Crippen LogP contribution in [0.2, 0.25) is 0 Å². The predicted octanol–water partition coefficient (Wildman–Crippen LogP) is 0.721. The minimum Gasteiger partial charge on any atom is -0.481 e.